The summed E-state index contributed by atoms with van der Waals surface area (Å²) in [6.07, 6.45) is 11.3. The Morgan fingerprint density at radius 2 is 1.33 bits per heavy atom. The molecule has 6 unspecified atom stereocenters. The summed E-state index contributed by atoms with van der Waals surface area (Å²) in [6.45, 7) is 6.83. The molecular formula is C27H28O9. The fourth-order valence-corrected chi connectivity index (χ4v) is 6.47. The van der Waals surface area contributed by atoms with Crippen LogP contribution in [0, 0.1) is 16.7 Å². The van der Waals surface area contributed by atoms with E-state index in [0.717, 1.165) is 19.9 Å². The van der Waals surface area contributed by atoms with Gasteiger partial charge in [0, 0.05) is 11.5 Å². The van der Waals surface area contributed by atoms with Crippen molar-refractivity contribution >= 4 is 23.1 Å². The number of carbonyl (C=O) groups excluding carboxylic acids is 4. The second-order valence-electron chi connectivity index (χ2n) is 9.97. The van der Waals surface area contributed by atoms with Crippen LogP contribution in [0.4, 0.5) is 0 Å². The zero-order valence-electron chi connectivity index (χ0n) is 20.5. The summed E-state index contributed by atoms with van der Waals surface area (Å²) in [5.41, 5.74) is -11.6. The number of rotatable bonds is 4. The number of fused-ring (bicyclic) bond motifs is 3. The fourth-order valence-electron chi connectivity index (χ4n) is 6.47. The number of Topliss-reactive ketones (excluding diaryl/α,β-unsaturated/α-hetero) is 4. The first-order valence-electron chi connectivity index (χ1n) is 11.5. The molecule has 9 nitrogen and oxygen atoms in total. The molecule has 0 aromatic carbocycles. The first kappa shape index (κ1) is 25.7. The van der Waals surface area contributed by atoms with Gasteiger partial charge >= 0.3 is 0 Å². The summed E-state index contributed by atoms with van der Waals surface area (Å²) < 4.78 is 5.72. The maximum absolute atomic E-state index is 14.0. The Morgan fingerprint density at radius 1 is 0.806 bits per heavy atom. The number of carbonyl (C=O) groups is 4. The van der Waals surface area contributed by atoms with Gasteiger partial charge in [0.05, 0.1) is 5.41 Å². The molecule has 0 aromatic rings. The minimum atomic E-state index is -3.28. The van der Waals surface area contributed by atoms with Gasteiger partial charge in [0.2, 0.25) is 17.2 Å². The highest BCUT2D eigenvalue weighted by molar-refractivity contribution is 6.36. The van der Waals surface area contributed by atoms with Crippen molar-refractivity contribution in [1.82, 2.24) is 0 Å². The van der Waals surface area contributed by atoms with E-state index in [9.17, 15) is 39.6 Å². The third-order valence-electron chi connectivity index (χ3n) is 8.20. The second kappa shape index (κ2) is 7.55. The zero-order chi connectivity index (χ0) is 27.1. The Balaban J connectivity index is 2.18. The molecule has 2 aliphatic heterocycles. The van der Waals surface area contributed by atoms with Gasteiger partial charge in [-0.25, -0.2) is 0 Å². The summed E-state index contributed by atoms with van der Waals surface area (Å²) >= 11 is 0. The summed E-state index contributed by atoms with van der Waals surface area (Å²) in [5.74, 6) is -10.8. The Morgan fingerprint density at radius 3 is 1.86 bits per heavy atom. The second-order valence-corrected chi connectivity index (χ2v) is 9.97. The van der Waals surface area contributed by atoms with Crippen molar-refractivity contribution in [2.75, 3.05) is 0 Å². The van der Waals surface area contributed by atoms with Crippen LogP contribution >= 0.6 is 0 Å². The van der Waals surface area contributed by atoms with E-state index >= 15 is 0 Å². The van der Waals surface area contributed by atoms with Gasteiger partial charge in [0.15, 0.2) is 17.3 Å². The molecule has 2 saturated carbocycles. The van der Waals surface area contributed by atoms with Crippen molar-refractivity contribution in [3.05, 3.63) is 71.3 Å². The largest absolute Gasteiger partial charge is 0.508 e. The van der Waals surface area contributed by atoms with Crippen molar-refractivity contribution < 1.29 is 44.3 Å². The summed E-state index contributed by atoms with van der Waals surface area (Å²) in [7, 11) is 0. The van der Waals surface area contributed by atoms with E-state index in [2.05, 4.69) is 0 Å². The number of hydrogen-bond acceptors (Lipinski definition) is 9. The molecule has 3 bridgehead atoms. The lowest BCUT2D eigenvalue weighted by atomic mass is 9.53. The van der Waals surface area contributed by atoms with Crippen LogP contribution in [0.1, 0.15) is 34.6 Å². The quantitative estimate of drug-likeness (QED) is 0.150. The Bertz CT molecular complexity index is 1310. The van der Waals surface area contributed by atoms with Crippen LogP contribution in [-0.4, -0.2) is 60.5 Å². The van der Waals surface area contributed by atoms with Gasteiger partial charge in [0.25, 0.3) is 0 Å². The van der Waals surface area contributed by atoms with Crippen LogP contribution in [0.25, 0.3) is 0 Å². The van der Waals surface area contributed by atoms with Crippen molar-refractivity contribution in [3.63, 3.8) is 0 Å². The number of aliphatic hydroxyl groups is 4. The lowest BCUT2D eigenvalue weighted by molar-refractivity contribution is -0.350. The molecule has 0 amide bonds. The van der Waals surface area contributed by atoms with Gasteiger partial charge in [-0.15, -0.1) is 0 Å². The van der Waals surface area contributed by atoms with E-state index in [1.165, 1.54) is 31.2 Å². The summed E-state index contributed by atoms with van der Waals surface area (Å²) in [6, 6.07) is 0. The van der Waals surface area contributed by atoms with E-state index in [0.29, 0.717) is 0 Å². The minimum Gasteiger partial charge on any atom is -0.508 e. The number of ether oxygens (including phenoxy) is 1. The number of hydrogen-bond donors (Lipinski definition) is 4. The van der Waals surface area contributed by atoms with E-state index in [-0.39, 0.29) is 0 Å². The monoisotopic (exact) mass is 496 g/mol. The van der Waals surface area contributed by atoms with E-state index in [1.807, 2.05) is 0 Å². The van der Waals surface area contributed by atoms with Gasteiger partial charge in [0.1, 0.15) is 28.1 Å². The van der Waals surface area contributed by atoms with Crippen LogP contribution in [-0.2, 0) is 23.9 Å². The lowest BCUT2D eigenvalue weighted by Gasteiger charge is -2.58. The zero-order valence-corrected chi connectivity index (χ0v) is 20.5. The molecule has 2 aliphatic carbocycles. The Kier molecular flexibility index (Phi) is 5.39. The first-order chi connectivity index (χ1) is 16.7. The smallest absolute Gasteiger partial charge is 0.218 e. The van der Waals surface area contributed by atoms with Crippen molar-refractivity contribution in [1.29, 1.82) is 0 Å². The third-order valence-corrected chi connectivity index (χ3v) is 8.20. The fraction of sp³-hybridized carbons (Fsp3) is 0.407. The molecule has 2 saturated heterocycles. The van der Waals surface area contributed by atoms with Gasteiger partial charge in [-0.1, -0.05) is 36.5 Å². The molecule has 6 atom stereocenters. The van der Waals surface area contributed by atoms with Crippen LogP contribution in [0.15, 0.2) is 71.3 Å². The first-order valence-corrected chi connectivity index (χ1v) is 11.5. The highest BCUT2D eigenvalue weighted by Crippen LogP contribution is 2.75. The van der Waals surface area contributed by atoms with Gasteiger partial charge in [-0.3, -0.25) is 19.2 Å². The number of allylic oxidation sites excluding steroid dienone is 8. The summed E-state index contributed by atoms with van der Waals surface area (Å²) in [4.78, 5) is 55.4. The van der Waals surface area contributed by atoms with Crippen molar-refractivity contribution in [3.8, 4) is 0 Å². The standard InChI is InChI=1S/C27H28O9/c1-6-8-10-12-14(28)16-18-23(3)20(31)17(15(29)13-11-9-7-2)21(32)26(34)24(4,19(16)30)22(33)25(18,5)36-27(23,26)35/h6-13,18,28-29,34-35H,1-5H3. The topological polar surface area (TPSA) is 158 Å². The van der Waals surface area contributed by atoms with Crippen molar-refractivity contribution in [2.24, 2.45) is 16.7 Å². The molecule has 4 fully saturated rings. The van der Waals surface area contributed by atoms with Crippen LogP contribution in [0.3, 0.4) is 0 Å². The maximum atomic E-state index is 14.0. The van der Waals surface area contributed by atoms with E-state index < -0.39 is 79.5 Å². The molecule has 4 aliphatic rings. The Labute approximate surface area is 207 Å². The molecule has 190 valence electrons. The molecule has 36 heavy (non-hydrogen) atoms. The highest BCUT2D eigenvalue weighted by atomic mass is 16.7. The molecule has 0 spiro atoms. The van der Waals surface area contributed by atoms with Gasteiger partial charge < -0.3 is 25.2 Å². The average molecular weight is 497 g/mol. The molecule has 4 N–H and O–H groups in total. The highest BCUT2D eigenvalue weighted by Gasteiger charge is 2.95. The molecule has 2 heterocycles. The molecule has 9 heteroatoms. The minimum absolute atomic E-state index is 0.430. The number of ketones is 4. The third kappa shape index (κ3) is 2.40. The van der Waals surface area contributed by atoms with E-state index in [1.54, 1.807) is 32.1 Å². The molecular weight excluding hydrogens is 468 g/mol. The predicted molar refractivity (Wildman–Crippen MR) is 126 cm³/mol. The van der Waals surface area contributed by atoms with Crippen LogP contribution in [0.5, 0.6) is 0 Å². The normalized spacial score (nSPS) is 44.8. The average Bonchev–Trinajstić information content (AvgIpc) is 3.00. The van der Waals surface area contributed by atoms with Gasteiger partial charge in [-0.2, -0.15) is 0 Å². The molecule has 0 aromatic heterocycles. The lowest BCUT2D eigenvalue weighted by Crippen LogP contribution is -2.82. The number of aliphatic hydroxyl groups excluding tert-OH is 2. The van der Waals surface area contributed by atoms with Crippen molar-refractivity contribution in [2.45, 2.75) is 51.6 Å². The van der Waals surface area contributed by atoms with Gasteiger partial charge in [-0.05, 0) is 46.8 Å². The van der Waals surface area contributed by atoms with Crippen LogP contribution < -0.4 is 0 Å². The summed E-state index contributed by atoms with van der Waals surface area (Å²) in [5, 5.41) is 45.5. The molecule has 4 rings (SSSR count). The van der Waals surface area contributed by atoms with Crippen LogP contribution in [0.2, 0.25) is 0 Å². The molecule has 0 radical (unpaired) electrons. The maximum Gasteiger partial charge on any atom is 0.218 e. The van der Waals surface area contributed by atoms with E-state index in [4.69, 9.17) is 4.74 Å². The predicted octanol–water partition coefficient (Wildman–Crippen LogP) is 2.03. The SMILES string of the molecule is CC=CC=CC(O)=C1C(=O)C2(C)C3C(=C(O)C=CC=CC)C(=O)C4(C)C(=O)C3(C)OC2(O)C4(O)C1=O. The Hall–Kier alpha value is -3.40.